The molecule has 0 bridgehead atoms. The van der Waals surface area contributed by atoms with Crippen LogP contribution in [0.5, 0.6) is 11.5 Å². The number of ether oxygens (including phenoxy) is 3. The first-order valence-electron chi connectivity index (χ1n) is 9.31. The van der Waals surface area contributed by atoms with Crippen molar-refractivity contribution in [1.29, 1.82) is 0 Å². The zero-order valence-corrected chi connectivity index (χ0v) is 17.2. The summed E-state index contributed by atoms with van der Waals surface area (Å²) in [5.74, 6) is 0.966. The predicted octanol–water partition coefficient (Wildman–Crippen LogP) is 5.83. The third-order valence-corrected chi connectivity index (χ3v) is 4.48. The highest BCUT2D eigenvalue weighted by atomic mass is 16.6. The van der Waals surface area contributed by atoms with Gasteiger partial charge in [-0.2, -0.15) is 0 Å². The quantitative estimate of drug-likeness (QED) is 0.171. The number of esters is 2. The van der Waals surface area contributed by atoms with Gasteiger partial charge < -0.3 is 14.2 Å². The van der Waals surface area contributed by atoms with Crippen LogP contribution in [-0.4, -0.2) is 11.9 Å². The highest BCUT2D eigenvalue weighted by Crippen LogP contribution is 2.29. The van der Waals surface area contributed by atoms with E-state index in [-0.39, 0.29) is 0 Å². The van der Waals surface area contributed by atoms with Crippen molar-refractivity contribution in [3.05, 3.63) is 84.9 Å². The van der Waals surface area contributed by atoms with Crippen LogP contribution in [0.25, 0.3) is 21.5 Å². The van der Waals surface area contributed by atoms with E-state index >= 15 is 0 Å². The van der Waals surface area contributed by atoms with Crippen LogP contribution in [-0.2, 0) is 14.3 Å². The molecular weight excluding hydrogens is 380 g/mol. The number of hydrogen-bond donors (Lipinski definition) is 0. The van der Waals surface area contributed by atoms with E-state index in [0.717, 1.165) is 27.6 Å². The molecule has 3 rings (SSSR count). The summed E-state index contributed by atoms with van der Waals surface area (Å²) >= 11 is 0. The average molecular weight is 402 g/mol. The van der Waals surface area contributed by atoms with Crippen molar-refractivity contribution < 1.29 is 23.8 Å². The van der Waals surface area contributed by atoms with Gasteiger partial charge in [0.15, 0.2) is 0 Å². The van der Waals surface area contributed by atoms with Gasteiger partial charge >= 0.3 is 11.9 Å². The van der Waals surface area contributed by atoms with E-state index < -0.39 is 11.9 Å². The van der Waals surface area contributed by atoms with Crippen molar-refractivity contribution in [1.82, 2.24) is 0 Å². The zero-order valence-electron chi connectivity index (χ0n) is 17.2. The van der Waals surface area contributed by atoms with Gasteiger partial charge in [-0.15, -0.1) is 0 Å². The number of benzene rings is 3. The summed E-state index contributed by atoms with van der Waals surface area (Å²) in [6.45, 7) is 12.0. The molecule has 0 radical (unpaired) electrons. The van der Waals surface area contributed by atoms with Gasteiger partial charge in [-0.05, 0) is 78.7 Å². The first-order valence-corrected chi connectivity index (χ1v) is 9.31. The third kappa shape index (κ3) is 4.75. The summed E-state index contributed by atoms with van der Waals surface area (Å²) in [5, 5.41) is 3.94. The molecule has 3 aromatic carbocycles. The van der Waals surface area contributed by atoms with Gasteiger partial charge in [-0.3, -0.25) is 0 Å². The van der Waals surface area contributed by atoms with Crippen molar-refractivity contribution in [3.8, 4) is 11.5 Å². The van der Waals surface area contributed by atoms with E-state index in [0.29, 0.717) is 28.6 Å². The first-order chi connectivity index (χ1) is 14.3. The molecule has 0 amide bonds. The Bertz CT molecular complexity index is 1220. The summed E-state index contributed by atoms with van der Waals surface area (Å²) < 4.78 is 16.2. The van der Waals surface area contributed by atoms with E-state index in [1.807, 2.05) is 42.5 Å². The predicted molar refractivity (Wildman–Crippen MR) is 117 cm³/mol. The molecular formula is C25H22O5. The molecule has 0 aliphatic heterocycles. The molecule has 0 saturated heterocycles. The molecule has 0 heterocycles. The molecule has 0 aromatic heterocycles. The average Bonchev–Trinajstić information content (AvgIpc) is 2.71. The van der Waals surface area contributed by atoms with Crippen molar-refractivity contribution >= 4 is 33.5 Å². The maximum absolute atomic E-state index is 11.7. The fourth-order valence-electron chi connectivity index (χ4n) is 2.79. The van der Waals surface area contributed by atoms with Crippen molar-refractivity contribution in [2.24, 2.45) is 0 Å². The van der Waals surface area contributed by atoms with E-state index in [1.54, 1.807) is 26.8 Å². The fraction of sp³-hybridized carbons (Fsp3) is 0.120. The molecule has 0 N–H and O–H groups in total. The minimum absolute atomic E-state index is 0.347. The number of fused-ring (bicyclic) bond motifs is 2. The Balaban J connectivity index is 1.89. The topological polar surface area (TPSA) is 61.8 Å². The Labute approximate surface area is 174 Å². The maximum atomic E-state index is 11.7. The van der Waals surface area contributed by atoms with Crippen LogP contribution in [0.2, 0.25) is 0 Å². The Hall–Kier alpha value is -3.86. The maximum Gasteiger partial charge on any atom is 0.338 e. The molecule has 152 valence electrons. The number of carbonyl (C=O) groups excluding carboxylic acids is 2. The van der Waals surface area contributed by atoms with E-state index in [2.05, 4.69) is 13.2 Å². The number of rotatable bonds is 6. The highest BCUT2D eigenvalue weighted by molar-refractivity contribution is 5.99. The molecule has 0 fully saturated rings. The summed E-state index contributed by atoms with van der Waals surface area (Å²) in [4.78, 5) is 23.1. The Morgan fingerprint density at radius 2 is 1.30 bits per heavy atom. The number of allylic oxidation sites excluding steroid dienone is 2. The summed E-state index contributed by atoms with van der Waals surface area (Å²) in [5.41, 5.74) is 0.347. The van der Waals surface area contributed by atoms with Gasteiger partial charge in [0.1, 0.15) is 23.0 Å². The molecule has 5 nitrogen and oxygen atoms in total. The van der Waals surface area contributed by atoms with Crippen molar-refractivity contribution in [3.63, 3.8) is 0 Å². The number of hydrogen-bond acceptors (Lipinski definition) is 5. The smallest absolute Gasteiger partial charge is 0.338 e. The van der Waals surface area contributed by atoms with Crippen LogP contribution in [0.3, 0.4) is 0 Å². The van der Waals surface area contributed by atoms with Crippen LogP contribution >= 0.6 is 0 Å². The van der Waals surface area contributed by atoms with Crippen LogP contribution in [0.15, 0.2) is 84.9 Å². The van der Waals surface area contributed by atoms with Crippen LogP contribution in [0.1, 0.15) is 20.8 Å². The monoisotopic (exact) mass is 402 g/mol. The van der Waals surface area contributed by atoms with E-state index in [4.69, 9.17) is 14.2 Å². The molecule has 0 aliphatic carbocycles. The van der Waals surface area contributed by atoms with Gasteiger partial charge in [0.2, 0.25) is 0 Å². The molecule has 3 aromatic rings. The lowest BCUT2D eigenvalue weighted by Crippen LogP contribution is -2.07. The second-order valence-electron chi connectivity index (χ2n) is 6.88. The van der Waals surface area contributed by atoms with Gasteiger partial charge in [0, 0.05) is 11.6 Å². The Kier molecular flexibility index (Phi) is 6.02. The second kappa shape index (κ2) is 8.66. The van der Waals surface area contributed by atoms with E-state index in [9.17, 15) is 9.59 Å². The second-order valence-corrected chi connectivity index (χ2v) is 6.88. The lowest BCUT2D eigenvalue weighted by molar-refractivity contribution is -0.134. The molecule has 0 spiro atoms. The van der Waals surface area contributed by atoms with Crippen LogP contribution < -0.4 is 9.47 Å². The first kappa shape index (κ1) is 20.9. The largest absolute Gasteiger partial charge is 0.458 e. The van der Waals surface area contributed by atoms with Gasteiger partial charge in [-0.25, -0.2) is 9.59 Å². The molecule has 0 unspecified atom stereocenters. The standard InChI is InChI=1S/C25H22O5/c1-6-24(26)29-17(5)16(4)28-22-9-7-18-12-21-14-23(30-25(27)15(2)3)10-8-19(21)11-20(18)13-22/h6-14H,1-2H2,3-5H3/b17-16+. The summed E-state index contributed by atoms with van der Waals surface area (Å²) in [6.07, 6.45) is 1.10. The minimum Gasteiger partial charge on any atom is -0.458 e. The summed E-state index contributed by atoms with van der Waals surface area (Å²) in [6, 6.07) is 15.2. The van der Waals surface area contributed by atoms with Gasteiger partial charge in [-0.1, -0.05) is 25.3 Å². The van der Waals surface area contributed by atoms with Gasteiger partial charge in [0.05, 0.1) is 0 Å². The Morgan fingerprint density at radius 1 is 0.767 bits per heavy atom. The van der Waals surface area contributed by atoms with E-state index in [1.165, 1.54) is 0 Å². The minimum atomic E-state index is -0.534. The molecule has 5 heteroatoms. The zero-order chi connectivity index (χ0) is 21.8. The van der Waals surface area contributed by atoms with Gasteiger partial charge in [0.25, 0.3) is 0 Å². The van der Waals surface area contributed by atoms with Crippen molar-refractivity contribution in [2.75, 3.05) is 0 Å². The lowest BCUT2D eigenvalue weighted by Gasteiger charge is -2.11. The lowest BCUT2D eigenvalue weighted by atomic mass is 10.0. The van der Waals surface area contributed by atoms with Crippen molar-refractivity contribution in [2.45, 2.75) is 20.8 Å². The SMILES string of the molecule is C=CC(=O)O/C(C)=C(\C)Oc1ccc2cc3cc(OC(=O)C(=C)C)ccc3cc2c1. The molecule has 0 atom stereocenters. The Morgan fingerprint density at radius 3 is 1.80 bits per heavy atom. The molecule has 0 saturated carbocycles. The third-order valence-electron chi connectivity index (χ3n) is 4.48. The number of carbonyl (C=O) groups is 2. The molecule has 0 aliphatic rings. The fourth-order valence-corrected chi connectivity index (χ4v) is 2.79. The highest BCUT2D eigenvalue weighted by Gasteiger charge is 2.09. The van der Waals surface area contributed by atoms with Crippen LogP contribution in [0, 0.1) is 0 Å². The normalized spacial score (nSPS) is 11.6. The molecule has 30 heavy (non-hydrogen) atoms. The summed E-state index contributed by atoms with van der Waals surface area (Å²) in [7, 11) is 0. The van der Waals surface area contributed by atoms with Crippen LogP contribution in [0.4, 0.5) is 0 Å².